The molecule has 0 amide bonds. The Bertz CT molecular complexity index is 411. The lowest BCUT2D eigenvalue weighted by Crippen LogP contribution is -2.13. The van der Waals surface area contributed by atoms with Crippen LogP contribution in [-0.2, 0) is 4.74 Å². The lowest BCUT2D eigenvalue weighted by Gasteiger charge is -2.10. The van der Waals surface area contributed by atoms with Crippen molar-refractivity contribution < 1.29 is 24.2 Å². The van der Waals surface area contributed by atoms with Crippen LogP contribution < -0.4 is 4.74 Å². The van der Waals surface area contributed by atoms with E-state index in [0.717, 1.165) is 0 Å². The van der Waals surface area contributed by atoms with E-state index in [-0.39, 0.29) is 23.5 Å². The van der Waals surface area contributed by atoms with Crippen molar-refractivity contribution in [1.82, 2.24) is 0 Å². The molecule has 0 bridgehead atoms. The number of hydrogen-bond acceptors (Lipinski definition) is 4. The number of esters is 1. The van der Waals surface area contributed by atoms with E-state index in [2.05, 4.69) is 0 Å². The van der Waals surface area contributed by atoms with E-state index in [4.69, 9.17) is 14.6 Å². The Balaban J connectivity index is 3.30. The van der Waals surface area contributed by atoms with E-state index >= 15 is 0 Å². The first-order valence-corrected chi connectivity index (χ1v) is 4.69. The molecule has 0 saturated heterocycles. The number of ether oxygens (including phenoxy) is 2. The lowest BCUT2D eigenvalue weighted by atomic mass is 10.1. The van der Waals surface area contributed by atoms with Crippen molar-refractivity contribution in [3.8, 4) is 5.75 Å². The van der Waals surface area contributed by atoms with Gasteiger partial charge in [-0.25, -0.2) is 9.59 Å². The zero-order valence-corrected chi connectivity index (χ0v) is 9.02. The third-order valence-electron chi connectivity index (χ3n) is 1.96. The molecule has 0 heterocycles. The molecule has 0 aliphatic heterocycles. The highest BCUT2D eigenvalue weighted by atomic mass is 16.5. The van der Waals surface area contributed by atoms with Crippen LogP contribution in [0, 0.1) is 0 Å². The standard InChI is InChI=1S/C11H12O5/c1-3-16-11(14)9-7(10(12)13)5-4-6-8(9)15-2/h4-6H,3H2,1-2H3,(H,12,13). The van der Waals surface area contributed by atoms with Crippen molar-refractivity contribution in [2.24, 2.45) is 0 Å². The molecule has 0 atom stereocenters. The number of carbonyl (C=O) groups excluding carboxylic acids is 1. The summed E-state index contributed by atoms with van der Waals surface area (Å²) >= 11 is 0. The van der Waals surface area contributed by atoms with Gasteiger partial charge in [0.05, 0.1) is 19.3 Å². The highest BCUT2D eigenvalue weighted by molar-refractivity contribution is 6.04. The molecule has 0 aliphatic rings. The number of carboxylic acid groups (broad SMARTS) is 1. The number of carbonyl (C=O) groups is 2. The van der Waals surface area contributed by atoms with Crippen LogP contribution in [0.1, 0.15) is 27.6 Å². The number of benzene rings is 1. The zero-order valence-electron chi connectivity index (χ0n) is 9.02. The van der Waals surface area contributed by atoms with Crippen LogP contribution in [0.3, 0.4) is 0 Å². The van der Waals surface area contributed by atoms with Crippen LogP contribution in [0.4, 0.5) is 0 Å². The second-order valence-corrected chi connectivity index (χ2v) is 2.91. The van der Waals surface area contributed by atoms with Gasteiger partial charge in [0, 0.05) is 0 Å². The van der Waals surface area contributed by atoms with Crippen molar-refractivity contribution >= 4 is 11.9 Å². The van der Waals surface area contributed by atoms with Crippen LogP contribution in [0.15, 0.2) is 18.2 Å². The van der Waals surface area contributed by atoms with Gasteiger partial charge >= 0.3 is 11.9 Å². The molecular formula is C11H12O5. The molecular weight excluding hydrogens is 212 g/mol. The molecule has 1 aromatic carbocycles. The Morgan fingerprint density at radius 1 is 1.38 bits per heavy atom. The summed E-state index contributed by atoms with van der Waals surface area (Å²) in [4.78, 5) is 22.5. The molecule has 0 saturated carbocycles. The number of methoxy groups -OCH3 is 1. The Labute approximate surface area is 92.6 Å². The predicted molar refractivity (Wildman–Crippen MR) is 55.9 cm³/mol. The molecule has 86 valence electrons. The highest BCUT2D eigenvalue weighted by Crippen LogP contribution is 2.23. The fraction of sp³-hybridized carbons (Fsp3) is 0.273. The fourth-order valence-corrected chi connectivity index (χ4v) is 1.29. The summed E-state index contributed by atoms with van der Waals surface area (Å²) in [5, 5.41) is 8.94. The normalized spacial score (nSPS) is 9.62. The summed E-state index contributed by atoms with van der Waals surface area (Å²) in [6, 6.07) is 4.35. The molecule has 5 heteroatoms. The lowest BCUT2D eigenvalue weighted by molar-refractivity contribution is 0.0510. The van der Waals surface area contributed by atoms with Gasteiger partial charge < -0.3 is 14.6 Å². The molecule has 5 nitrogen and oxygen atoms in total. The van der Waals surface area contributed by atoms with Crippen molar-refractivity contribution in [1.29, 1.82) is 0 Å². The Hall–Kier alpha value is -2.04. The third-order valence-corrected chi connectivity index (χ3v) is 1.96. The first-order valence-electron chi connectivity index (χ1n) is 4.69. The monoisotopic (exact) mass is 224 g/mol. The molecule has 0 radical (unpaired) electrons. The first kappa shape index (κ1) is 12.0. The van der Waals surface area contributed by atoms with Crippen LogP contribution in [0.5, 0.6) is 5.75 Å². The summed E-state index contributed by atoms with van der Waals surface area (Å²) in [6.07, 6.45) is 0. The second-order valence-electron chi connectivity index (χ2n) is 2.91. The van der Waals surface area contributed by atoms with Gasteiger partial charge in [0.2, 0.25) is 0 Å². The number of aromatic carboxylic acids is 1. The SMILES string of the molecule is CCOC(=O)c1c(OC)cccc1C(=O)O. The minimum atomic E-state index is -1.19. The molecule has 1 aromatic rings. The summed E-state index contributed by atoms with van der Waals surface area (Å²) < 4.78 is 9.72. The van der Waals surface area contributed by atoms with Crippen LogP contribution >= 0.6 is 0 Å². The van der Waals surface area contributed by atoms with Gasteiger partial charge in [-0.2, -0.15) is 0 Å². The molecule has 0 aromatic heterocycles. The molecule has 0 unspecified atom stereocenters. The number of rotatable bonds is 4. The van der Waals surface area contributed by atoms with Crippen molar-refractivity contribution in [2.45, 2.75) is 6.92 Å². The molecule has 0 fully saturated rings. The Morgan fingerprint density at radius 2 is 2.06 bits per heavy atom. The maximum absolute atomic E-state index is 11.6. The zero-order chi connectivity index (χ0) is 12.1. The minimum absolute atomic E-state index is 0.0562. The van der Waals surface area contributed by atoms with Crippen molar-refractivity contribution in [3.63, 3.8) is 0 Å². The van der Waals surface area contributed by atoms with E-state index < -0.39 is 11.9 Å². The Kier molecular flexibility index (Phi) is 3.88. The molecule has 1 N–H and O–H groups in total. The summed E-state index contributed by atoms with van der Waals surface area (Å²) in [7, 11) is 1.36. The van der Waals surface area contributed by atoms with E-state index in [1.54, 1.807) is 6.92 Å². The largest absolute Gasteiger partial charge is 0.496 e. The quantitative estimate of drug-likeness (QED) is 0.786. The van der Waals surface area contributed by atoms with Gasteiger partial charge in [0.25, 0.3) is 0 Å². The smallest absolute Gasteiger partial charge is 0.342 e. The number of carboxylic acids is 1. The summed E-state index contributed by atoms with van der Waals surface area (Å²) in [6.45, 7) is 1.82. The molecule has 0 spiro atoms. The van der Waals surface area contributed by atoms with Gasteiger partial charge in [0.15, 0.2) is 0 Å². The second kappa shape index (κ2) is 5.16. The van der Waals surface area contributed by atoms with E-state index in [0.29, 0.717) is 0 Å². The molecule has 16 heavy (non-hydrogen) atoms. The summed E-state index contributed by atoms with van der Waals surface area (Å²) in [5.41, 5.74) is -0.183. The van der Waals surface area contributed by atoms with Crippen LogP contribution in [0.25, 0.3) is 0 Å². The molecule has 0 aliphatic carbocycles. The first-order chi connectivity index (χ1) is 7.61. The van der Waals surface area contributed by atoms with Gasteiger partial charge in [0.1, 0.15) is 11.3 Å². The third kappa shape index (κ3) is 2.31. The Morgan fingerprint density at radius 3 is 2.56 bits per heavy atom. The van der Waals surface area contributed by atoms with Crippen LogP contribution in [0.2, 0.25) is 0 Å². The highest BCUT2D eigenvalue weighted by Gasteiger charge is 2.22. The predicted octanol–water partition coefficient (Wildman–Crippen LogP) is 1.57. The van der Waals surface area contributed by atoms with Gasteiger partial charge in [-0.3, -0.25) is 0 Å². The van der Waals surface area contributed by atoms with E-state index in [1.165, 1.54) is 25.3 Å². The molecule has 1 rings (SSSR count). The minimum Gasteiger partial charge on any atom is -0.496 e. The van der Waals surface area contributed by atoms with Gasteiger partial charge in [-0.1, -0.05) is 6.07 Å². The average Bonchev–Trinajstić information content (AvgIpc) is 2.28. The van der Waals surface area contributed by atoms with Gasteiger partial charge in [-0.15, -0.1) is 0 Å². The summed E-state index contributed by atoms with van der Waals surface area (Å²) in [5.74, 6) is -1.70. The fourth-order valence-electron chi connectivity index (χ4n) is 1.29. The number of hydrogen-bond donors (Lipinski definition) is 1. The van der Waals surface area contributed by atoms with Crippen molar-refractivity contribution in [2.75, 3.05) is 13.7 Å². The van der Waals surface area contributed by atoms with Crippen LogP contribution in [-0.4, -0.2) is 30.8 Å². The maximum Gasteiger partial charge on any atom is 0.342 e. The van der Waals surface area contributed by atoms with Crippen molar-refractivity contribution in [3.05, 3.63) is 29.3 Å². The van der Waals surface area contributed by atoms with E-state index in [1.807, 2.05) is 0 Å². The van der Waals surface area contributed by atoms with Gasteiger partial charge in [-0.05, 0) is 19.1 Å². The average molecular weight is 224 g/mol. The topological polar surface area (TPSA) is 72.8 Å². The van der Waals surface area contributed by atoms with E-state index in [9.17, 15) is 9.59 Å². The maximum atomic E-state index is 11.6.